The van der Waals surface area contributed by atoms with Gasteiger partial charge in [0, 0.05) is 15.1 Å². The van der Waals surface area contributed by atoms with E-state index in [2.05, 4.69) is 15.9 Å². The summed E-state index contributed by atoms with van der Waals surface area (Å²) in [6, 6.07) is 9.10. The fourth-order valence-corrected chi connectivity index (χ4v) is 2.56. The van der Waals surface area contributed by atoms with Gasteiger partial charge in [-0.25, -0.2) is 0 Å². The average Bonchev–Trinajstić information content (AvgIpc) is 2.35. The molecule has 0 aliphatic heterocycles. The molecule has 0 bridgehead atoms. The standard InChI is InChI=1S/C15H14BrClN2O/c1-8-5-11(6-9(2)14(8)17)20-10-3-4-12(15(18)19)13(16)7-10/h3-7H,1-2H3,(H3,18,19). The minimum atomic E-state index is 0.0154. The van der Waals surface area contributed by atoms with E-state index in [1.165, 1.54) is 0 Å². The van der Waals surface area contributed by atoms with Crippen molar-refractivity contribution in [3.63, 3.8) is 0 Å². The van der Waals surface area contributed by atoms with E-state index in [0.29, 0.717) is 11.3 Å². The zero-order chi connectivity index (χ0) is 14.9. The second-order valence-corrected chi connectivity index (χ2v) is 5.76. The smallest absolute Gasteiger partial charge is 0.128 e. The molecule has 3 nitrogen and oxygen atoms in total. The van der Waals surface area contributed by atoms with Gasteiger partial charge in [-0.05, 0) is 71.2 Å². The summed E-state index contributed by atoms with van der Waals surface area (Å²) in [6.07, 6.45) is 0. The van der Waals surface area contributed by atoms with Gasteiger partial charge in [-0.1, -0.05) is 11.6 Å². The average molecular weight is 354 g/mol. The highest BCUT2D eigenvalue weighted by Crippen LogP contribution is 2.31. The van der Waals surface area contributed by atoms with Crippen molar-refractivity contribution in [3.05, 3.63) is 56.5 Å². The van der Waals surface area contributed by atoms with Crippen LogP contribution in [0.15, 0.2) is 34.8 Å². The van der Waals surface area contributed by atoms with Gasteiger partial charge in [0.1, 0.15) is 17.3 Å². The molecule has 0 heterocycles. The van der Waals surface area contributed by atoms with Crippen molar-refractivity contribution in [3.8, 4) is 11.5 Å². The van der Waals surface area contributed by atoms with Gasteiger partial charge in [-0.2, -0.15) is 0 Å². The lowest BCUT2D eigenvalue weighted by Gasteiger charge is -2.11. The molecule has 0 atom stereocenters. The van der Waals surface area contributed by atoms with Crippen molar-refractivity contribution in [2.45, 2.75) is 13.8 Å². The fourth-order valence-electron chi connectivity index (χ4n) is 1.88. The SMILES string of the molecule is Cc1cc(Oc2ccc(C(=N)N)c(Br)c2)cc(C)c1Cl. The van der Waals surface area contributed by atoms with Crippen molar-refractivity contribution >= 4 is 33.4 Å². The molecule has 5 heteroatoms. The van der Waals surface area contributed by atoms with Crippen LogP contribution in [0.5, 0.6) is 11.5 Å². The maximum absolute atomic E-state index is 7.44. The van der Waals surface area contributed by atoms with E-state index in [9.17, 15) is 0 Å². The van der Waals surface area contributed by atoms with E-state index in [1.54, 1.807) is 18.2 Å². The number of benzene rings is 2. The van der Waals surface area contributed by atoms with Gasteiger partial charge in [0.05, 0.1) is 0 Å². The lowest BCUT2D eigenvalue weighted by atomic mass is 10.1. The molecule has 0 aliphatic rings. The molecule has 0 aromatic heterocycles. The molecule has 0 saturated carbocycles. The highest BCUT2D eigenvalue weighted by atomic mass is 79.9. The zero-order valence-electron chi connectivity index (χ0n) is 11.1. The summed E-state index contributed by atoms with van der Waals surface area (Å²) in [7, 11) is 0. The lowest BCUT2D eigenvalue weighted by Crippen LogP contribution is -2.11. The summed E-state index contributed by atoms with van der Waals surface area (Å²) in [5, 5.41) is 8.20. The second-order valence-electron chi connectivity index (χ2n) is 4.53. The molecule has 20 heavy (non-hydrogen) atoms. The first-order valence-corrected chi connectivity index (χ1v) is 7.14. The maximum atomic E-state index is 7.44. The number of nitrogen functional groups attached to an aromatic ring is 1. The largest absolute Gasteiger partial charge is 0.457 e. The number of rotatable bonds is 3. The number of hydrogen-bond donors (Lipinski definition) is 2. The molecule has 2 rings (SSSR count). The van der Waals surface area contributed by atoms with Gasteiger partial charge in [0.25, 0.3) is 0 Å². The molecule has 2 aromatic carbocycles. The summed E-state index contributed by atoms with van der Waals surface area (Å²) in [5.41, 5.74) is 8.06. The molecule has 104 valence electrons. The van der Waals surface area contributed by atoms with Crippen LogP contribution in [0, 0.1) is 19.3 Å². The minimum Gasteiger partial charge on any atom is -0.457 e. The Bertz CT molecular complexity index is 663. The summed E-state index contributed by atoms with van der Waals surface area (Å²) in [4.78, 5) is 0. The molecule has 0 radical (unpaired) electrons. The topological polar surface area (TPSA) is 59.1 Å². The number of nitrogens with one attached hydrogen (secondary N) is 1. The van der Waals surface area contributed by atoms with Crippen LogP contribution < -0.4 is 10.5 Å². The van der Waals surface area contributed by atoms with Crippen molar-refractivity contribution in [2.24, 2.45) is 5.73 Å². The summed E-state index contributed by atoms with van der Waals surface area (Å²) < 4.78 is 6.54. The molecular weight excluding hydrogens is 340 g/mol. The Hall–Kier alpha value is -1.52. The molecule has 0 saturated heterocycles. The van der Waals surface area contributed by atoms with Crippen molar-refractivity contribution < 1.29 is 4.74 Å². The van der Waals surface area contributed by atoms with Crippen molar-refractivity contribution in [1.29, 1.82) is 5.41 Å². The Morgan fingerprint density at radius 1 is 1.15 bits per heavy atom. The lowest BCUT2D eigenvalue weighted by molar-refractivity contribution is 0.481. The van der Waals surface area contributed by atoms with E-state index < -0.39 is 0 Å². The molecule has 0 spiro atoms. The van der Waals surface area contributed by atoms with Crippen LogP contribution in [0.3, 0.4) is 0 Å². The Labute approximate surface area is 131 Å². The zero-order valence-corrected chi connectivity index (χ0v) is 13.5. The highest BCUT2D eigenvalue weighted by molar-refractivity contribution is 9.10. The second kappa shape index (κ2) is 5.85. The summed E-state index contributed by atoms with van der Waals surface area (Å²) in [6.45, 7) is 3.88. The first-order chi connectivity index (χ1) is 9.38. The third-order valence-electron chi connectivity index (χ3n) is 2.88. The van der Waals surface area contributed by atoms with Gasteiger partial charge in [-0.15, -0.1) is 0 Å². The summed E-state index contributed by atoms with van der Waals surface area (Å²) >= 11 is 9.51. The fraction of sp³-hybridized carbons (Fsp3) is 0.133. The van der Waals surface area contributed by atoms with E-state index in [4.69, 9.17) is 27.5 Å². The van der Waals surface area contributed by atoms with E-state index in [-0.39, 0.29) is 5.84 Å². The predicted molar refractivity (Wildman–Crippen MR) is 86.2 cm³/mol. The first-order valence-electron chi connectivity index (χ1n) is 5.97. The Morgan fingerprint density at radius 2 is 1.75 bits per heavy atom. The van der Waals surface area contributed by atoms with Crippen LogP contribution in [-0.4, -0.2) is 5.84 Å². The minimum absolute atomic E-state index is 0.0154. The number of nitrogens with two attached hydrogens (primary N) is 1. The number of halogens is 2. The molecule has 0 amide bonds. The van der Waals surface area contributed by atoms with Gasteiger partial charge in [-0.3, -0.25) is 5.41 Å². The van der Waals surface area contributed by atoms with E-state index in [1.807, 2.05) is 26.0 Å². The van der Waals surface area contributed by atoms with Gasteiger partial charge in [0.15, 0.2) is 0 Å². The van der Waals surface area contributed by atoms with Crippen LogP contribution in [0.25, 0.3) is 0 Å². The number of hydrogen-bond acceptors (Lipinski definition) is 2. The van der Waals surface area contributed by atoms with Crippen LogP contribution >= 0.6 is 27.5 Å². The van der Waals surface area contributed by atoms with Crippen molar-refractivity contribution in [1.82, 2.24) is 0 Å². The predicted octanol–water partition coefficient (Wildman–Crippen LogP) is 4.80. The quantitative estimate of drug-likeness (QED) is 0.615. The molecular formula is C15H14BrClN2O. The molecule has 0 unspecified atom stereocenters. The third-order valence-corrected chi connectivity index (χ3v) is 4.13. The molecule has 0 fully saturated rings. The normalized spacial score (nSPS) is 10.4. The Kier molecular flexibility index (Phi) is 4.35. The van der Waals surface area contributed by atoms with Crippen LogP contribution in [0.2, 0.25) is 5.02 Å². The van der Waals surface area contributed by atoms with E-state index in [0.717, 1.165) is 26.4 Å². The third kappa shape index (κ3) is 3.14. The monoisotopic (exact) mass is 352 g/mol. The maximum Gasteiger partial charge on any atom is 0.128 e. The highest BCUT2D eigenvalue weighted by Gasteiger charge is 2.07. The molecule has 0 aliphatic carbocycles. The number of aryl methyl sites for hydroxylation is 2. The number of ether oxygens (including phenoxy) is 1. The van der Waals surface area contributed by atoms with Gasteiger partial charge < -0.3 is 10.5 Å². The van der Waals surface area contributed by atoms with Gasteiger partial charge in [0.2, 0.25) is 0 Å². The molecule has 3 N–H and O–H groups in total. The first kappa shape index (κ1) is 14.9. The number of amidine groups is 1. The van der Waals surface area contributed by atoms with Crippen LogP contribution in [0.1, 0.15) is 16.7 Å². The Balaban J connectivity index is 2.31. The summed E-state index contributed by atoms with van der Waals surface area (Å²) in [5.74, 6) is 1.41. The van der Waals surface area contributed by atoms with E-state index >= 15 is 0 Å². The Morgan fingerprint density at radius 3 is 2.25 bits per heavy atom. The van der Waals surface area contributed by atoms with Crippen LogP contribution in [0.4, 0.5) is 0 Å². The van der Waals surface area contributed by atoms with Crippen LogP contribution in [-0.2, 0) is 0 Å². The van der Waals surface area contributed by atoms with Crippen molar-refractivity contribution in [2.75, 3.05) is 0 Å². The van der Waals surface area contributed by atoms with Gasteiger partial charge >= 0.3 is 0 Å². The molecule has 2 aromatic rings.